The molecule has 1 aromatic heterocycles. The molecular formula is C9H7BrN2O2. The van der Waals surface area contributed by atoms with E-state index in [0.717, 1.165) is 4.47 Å². The van der Waals surface area contributed by atoms with E-state index >= 15 is 0 Å². The molecule has 0 aliphatic heterocycles. The van der Waals surface area contributed by atoms with Gasteiger partial charge >= 0.3 is 0 Å². The molecule has 0 aliphatic carbocycles. The maximum absolute atomic E-state index is 11.4. The SMILES string of the molecule is O=c1[nH]nc(CO)c2ccc(Br)cc12. The summed E-state index contributed by atoms with van der Waals surface area (Å²) in [6.07, 6.45) is 0. The Labute approximate surface area is 87.7 Å². The number of rotatable bonds is 1. The predicted octanol–water partition coefficient (Wildman–Crippen LogP) is 1.18. The van der Waals surface area contributed by atoms with Crippen LogP contribution in [-0.4, -0.2) is 15.3 Å². The number of hydrogen-bond acceptors (Lipinski definition) is 3. The van der Waals surface area contributed by atoms with Gasteiger partial charge in [0, 0.05) is 9.86 Å². The van der Waals surface area contributed by atoms with Crippen LogP contribution in [0.25, 0.3) is 10.8 Å². The third-order valence-electron chi connectivity index (χ3n) is 1.98. The fraction of sp³-hybridized carbons (Fsp3) is 0.111. The van der Waals surface area contributed by atoms with Gasteiger partial charge in [0.1, 0.15) is 0 Å². The zero-order chi connectivity index (χ0) is 10.1. The van der Waals surface area contributed by atoms with E-state index in [2.05, 4.69) is 26.1 Å². The molecule has 1 heterocycles. The first-order valence-corrected chi connectivity index (χ1v) is 4.79. The molecule has 4 nitrogen and oxygen atoms in total. The highest BCUT2D eigenvalue weighted by Gasteiger charge is 2.05. The Balaban J connectivity index is 2.91. The Morgan fingerprint density at radius 1 is 1.43 bits per heavy atom. The third-order valence-corrected chi connectivity index (χ3v) is 2.47. The van der Waals surface area contributed by atoms with Gasteiger partial charge in [-0.2, -0.15) is 5.10 Å². The van der Waals surface area contributed by atoms with Crippen LogP contribution >= 0.6 is 15.9 Å². The molecule has 0 atom stereocenters. The van der Waals surface area contributed by atoms with Crippen LogP contribution in [0.5, 0.6) is 0 Å². The fourth-order valence-corrected chi connectivity index (χ4v) is 1.68. The summed E-state index contributed by atoms with van der Waals surface area (Å²) in [5, 5.41) is 16.3. The number of hydrogen-bond donors (Lipinski definition) is 2. The van der Waals surface area contributed by atoms with Crippen molar-refractivity contribution in [2.24, 2.45) is 0 Å². The number of benzene rings is 1. The smallest absolute Gasteiger partial charge is 0.272 e. The van der Waals surface area contributed by atoms with Gasteiger partial charge < -0.3 is 5.11 Å². The van der Waals surface area contributed by atoms with Crippen molar-refractivity contribution in [3.05, 3.63) is 38.7 Å². The highest BCUT2D eigenvalue weighted by Crippen LogP contribution is 2.18. The van der Waals surface area contributed by atoms with Crippen LogP contribution in [0.1, 0.15) is 5.69 Å². The summed E-state index contributed by atoms with van der Waals surface area (Å²) in [7, 11) is 0. The molecule has 2 rings (SSSR count). The maximum Gasteiger partial charge on any atom is 0.272 e. The molecule has 0 saturated carbocycles. The Bertz CT molecular complexity index is 536. The van der Waals surface area contributed by atoms with E-state index in [0.29, 0.717) is 16.5 Å². The number of aromatic amines is 1. The summed E-state index contributed by atoms with van der Waals surface area (Å²) in [6, 6.07) is 5.27. The lowest BCUT2D eigenvalue weighted by Crippen LogP contribution is -2.10. The summed E-state index contributed by atoms with van der Waals surface area (Å²) < 4.78 is 0.825. The normalized spacial score (nSPS) is 10.7. The van der Waals surface area contributed by atoms with Crippen LogP contribution in [0.3, 0.4) is 0 Å². The molecule has 0 radical (unpaired) electrons. The number of aliphatic hydroxyl groups excluding tert-OH is 1. The molecule has 0 bridgehead atoms. The minimum atomic E-state index is -0.251. The van der Waals surface area contributed by atoms with Crippen LogP contribution < -0.4 is 5.56 Å². The second-order valence-electron chi connectivity index (χ2n) is 2.85. The number of halogens is 1. The first-order chi connectivity index (χ1) is 6.72. The third kappa shape index (κ3) is 1.44. The van der Waals surface area contributed by atoms with Crippen molar-refractivity contribution < 1.29 is 5.11 Å². The Hall–Kier alpha value is -1.20. The van der Waals surface area contributed by atoms with Crippen LogP contribution in [-0.2, 0) is 6.61 Å². The molecular weight excluding hydrogens is 248 g/mol. The molecule has 72 valence electrons. The molecule has 0 fully saturated rings. The molecule has 5 heteroatoms. The van der Waals surface area contributed by atoms with E-state index in [1.807, 2.05) is 6.07 Å². The minimum absolute atomic E-state index is 0.186. The number of nitrogens with one attached hydrogen (secondary N) is 1. The van der Waals surface area contributed by atoms with Crippen molar-refractivity contribution in [3.63, 3.8) is 0 Å². The molecule has 0 amide bonds. The van der Waals surface area contributed by atoms with Crippen molar-refractivity contribution in [1.82, 2.24) is 10.2 Å². The summed E-state index contributed by atoms with van der Waals surface area (Å²) >= 11 is 3.28. The number of H-pyrrole nitrogens is 1. The standard InChI is InChI=1S/C9H7BrN2O2/c10-5-1-2-6-7(3-5)9(14)12-11-8(6)4-13/h1-3,13H,4H2,(H,12,14). The van der Waals surface area contributed by atoms with Crippen molar-refractivity contribution in [2.75, 3.05) is 0 Å². The topological polar surface area (TPSA) is 66.0 Å². The molecule has 0 saturated heterocycles. The molecule has 2 N–H and O–H groups in total. The van der Waals surface area contributed by atoms with Crippen LogP contribution in [0.15, 0.2) is 27.5 Å². The summed E-state index contributed by atoms with van der Waals surface area (Å²) in [5.74, 6) is 0. The zero-order valence-electron chi connectivity index (χ0n) is 7.12. The van der Waals surface area contributed by atoms with E-state index in [9.17, 15) is 4.79 Å². The van der Waals surface area contributed by atoms with Gasteiger partial charge in [0.25, 0.3) is 5.56 Å². The largest absolute Gasteiger partial charge is 0.390 e. The van der Waals surface area contributed by atoms with Crippen LogP contribution in [0, 0.1) is 0 Å². The van der Waals surface area contributed by atoms with Crippen molar-refractivity contribution in [2.45, 2.75) is 6.61 Å². The highest BCUT2D eigenvalue weighted by atomic mass is 79.9. The Morgan fingerprint density at radius 2 is 2.21 bits per heavy atom. The van der Waals surface area contributed by atoms with Gasteiger partial charge in [0.15, 0.2) is 0 Å². The predicted molar refractivity (Wildman–Crippen MR) is 56.0 cm³/mol. The van der Waals surface area contributed by atoms with Crippen LogP contribution in [0.4, 0.5) is 0 Å². The van der Waals surface area contributed by atoms with Crippen molar-refractivity contribution in [1.29, 1.82) is 0 Å². The minimum Gasteiger partial charge on any atom is -0.390 e. The van der Waals surface area contributed by atoms with Crippen molar-refractivity contribution >= 4 is 26.7 Å². The summed E-state index contributed by atoms with van der Waals surface area (Å²) in [4.78, 5) is 11.4. The Kier molecular flexibility index (Phi) is 2.35. The van der Waals surface area contributed by atoms with E-state index in [1.54, 1.807) is 12.1 Å². The second-order valence-corrected chi connectivity index (χ2v) is 3.76. The van der Waals surface area contributed by atoms with E-state index < -0.39 is 0 Å². The van der Waals surface area contributed by atoms with Gasteiger partial charge in [-0.15, -0.1) is 0 Å². The highest BCUT2D eigenvalue weighted by molar-refractivity contribution is 9.10. The monoisotopic (exact) mass is 254 g/mol. The number of nitrogens with zero attached hydrogens (tertiary/aromatic N) is 1. The lowest BCUT2D eigenvalue weighted by Gasteiger charge is -2.01. The van der Waals surface area contributed by atoms with E-state index in [1.165, 1.54) is 0 Å². The number of aliphatic hydroxyl groups is 1. The molecule has 1 aromatic carbocycles. The fourth-order valence-electron chi connectivity index (χ4n) is 1.32. The number of fused-ring (bicyclic) bond motifs is 1. The molecule has 0 aliphatic rings. The van der Waals surface area contributed by atoms with Gasteiger partial charge in [-0.3, -0.25) is 4.79 Å². The lowest BCUT2D eigenvalue weighted by atomic mass is 10.1. The molecule has 0 spiro atoms. The molecule has 2 aromatic rings. The van der Waals surface area contributed by atoms with Gasteiger partial charge in [-0.25, -0.2) is 5.10 Å². The first kappa shape index (κ1) is 9.36. The van der Waals surface area contributed by atoms with E-state index in [-0.39, 0.29) is 12.2 Å². The van der Waals surface area contributed by atoms with Crippen LogP contribution in [0.2, 0.25) is 0 Å². The Morgan fingerprint density at radius 3 is 2.93 bits per heavy atom. The van der Waals surface area contributed by atoms with Gasteiger partial charge in [0.05, 0.1) is 17.7 Å². The van der Waals surface area contributed by atoms with Gasteiger partial charge in [-0.1, -0.05) is 22.0 Å². The first-order valence-electron chi connectivity index (χ1n) is 4.00. The van der Waals surface area contributed by atoms with Gasteiger partial charge in [-0.05, 0) is 12.1 Å². The molecule has 0 unspecified atom stereocenters. The zero-order valence-corrected chi connectivity index (χ0v) is 8.71. The lowest BCUT2D eigenvalue weighted by molar-refractivity contribution is 0.277. The quantitative estimate of drug-likeness (QED) is 0.804. The average Bonchev–Trinajstić information content (AvgIpc) is 2.19. The average molecular weight is 255 g/mol. The number of aromatic nitrogens is 2. The summed E-state index contributed by atoms with van der Waals surface area (Å²) in [5.41, 5.74) is 0.227. The summed E-state index contributed by atoms with van der Waals surface area (Å²) in [6.45, 7) is -0.186. The maximum atomic E-state index is 11.4. The van der Waals surface area contributed by atoms with E-state index in [4.69, 9.17) is 5.11 Å². The molecule has 14 heavy (non-hydrogen) atoms. The van der Waals surface area contributed by atoms with Gasteiger partial charge in [0.2, 0.25) is 0 Å². The second kappa shape index (κ2) is 3.51. The van der Waals surface area contributed by atoms with Crippen molar-refractivity contribution in [3.8, 4) is 0 Å².